The van der Waals surface area contributed by atoms with Gasteiger partial charge in [0, 0.05) is 28.9 Å². The minimum atomic E-state index is -0.0752. The van der Waals surface area contributed by atoms with Crippen LogP contribution in [-0.2, 0) is 0 Å². The maximum absolute atomic E-state index is 11.8. The number of hydrogen-bond donors (Lipinski definition) is 3. The highest BCUT2D eigenvalue weighted by atomic mass is 32.2. The molecule has 0 saturated heterocycles. The number of anilines is 1. The van der Waals surface area contributed by atoms with Crippen LogP contribution in [0.1, 0.15) is 10.5 Å². The molecule has 0 spiro atoms. The fraction of sp³-hybridized carbons (Fsp3) is 0.250. The Hall–Kier alpha value is -1.62. The average Bonchev–Trinajstić information content (AvgIpc) is 2.72. The number of nitrogens with two attached hydrogens (primary N) is 1. The molecule has 17 heavy (non-hydrogen) atoms. The topological polar surface area (TPSA) is 70.9 Å². The number of nitrogen functional groups attached to an aromatic ring is 1. The molecule has 90 valence electrons. The summed E-state index contributed by atoms with van der Waals surface area (Å²) in [4.78, 5) is 14.9. The van der Waals surface area contributed by atoms with E-state index in [4.69, 9.17) is 5.73 Å². The molecule has 1 amide bonds. The molecule has 1 aromatic heterocycles. The van der Waals surface area contributed by atoms with Gasteiger partial charge in [0.25, 0.3) is 5.91 Å². The molecule has 4 N–H and O–H groups in total. The van der Waals surface area contributed by atoms with Crippen LogP contribution in [0.25, 0.3) is 10.9 Å². The summed E-state index contributed by atoms with van der Waals surface area (Å²) in [5.74, 6) is 0.840. The smallest absolute Gasteiger partial charge is 0.267 e. The molecular formula is C12H15N3OS. The van der Waals surface area contributed by atoms with Gasteiger partial charge in [0.1, 0.15) is 5.69 Å². The van der Waals surface area contributed by atoms with Crippen LogP contribution in [0.15, 0.2) is 24.3 Å². The van der Waals surface area contributed by atoms with Crippen LogP contribution in [0.4, 0.5) is 5.69 Å². The van der Waals surface area contributed by atoms with Gasteiger partial charge in [-0.05, 0) is 30.5 Å². The van der Waals surface area contributed by atoms with E-state index in [-0.39, 0.29) is 5.91 Å². The second kappa shape index (κ2) is 5.14. The number of rotatable bonds is 4. The first kappa shape index (κ1) is 11.9. The number of fused-ring (bicyclic) bond motifs is 1. The third-order valence-electron chi connectivity index (χ3n) is 2.48. The quantitative estimate of drug-likeness (QED) is 0.572. The van der Waals surface area contributed by atoms with E-state index in [1.54, 1.807) is 11.8 Å². The summed E-state index contributed by atoms with van der Waals surface area (Å²) in [6.45, 7) is 0.678. The molecule has 0 aliphatic carbocycles. The second-order valence-corrected chi connectivity index (χ2v) is 4.76. The zero-order valence-corrected chi connectivity index (χ0v) is 10.4. The molecule has 0 radical (unpaired) electrons. The molecule has 1 heterocycles. The summed E-state index contributed by atoms with van der Waals surface area (Å²) in [6, 6.07) is 7.36. The summed E-state index contributed by atoms with van der Waals surface area (Å²) in [5, 5.41) is 3.81. The van der Waals surface area contributed by atoms with Crippen LogP contribution in [0.2, 0.25) is 0 Å². The van der Waals surface area contributed by atoms with Crippen molar-refractivity contribution in [1.82, 2.24) is 10.3 Å². The number of H-pyrrole nitrogens is 1. The Kier molecular flexibility index (Phi) is 3.58. The molecule has 4 nitrogen and oxygen atoms in total. The molecule has 0 fully saturated rings. The van der Waals surface area contributed by atoms with Crippen LogP contribution >= 0.6 is 11.8 Å². The molecule has 5 heteroatoms. The number of carbonyl (C=O) groups excluding carboxylic acids is 1. The van der Waals surface area contributed by atoms with E-state index >= 15 is 0 Å². The summed E-state index contributed by atoms with van der Waals surface area (Å²) in [5.41, 5.74) is 7.89. The summed E-state index contributed by atoms with van der Waals surface area (Å²) in [7, 11) is 0. The van der Waals surface area contributed by atoms with Gasteiger partial charge in [-0.1, -0.05) is 0 Å². The van der Waals surface area contributed by atoms with Gasteiger partial charge < -0.3 is 16.0 Å². The normalized spacial score (nSPS) is 10.6. The van der Waals surface area contributed by atoms with Gasteiger partial charge in [-0.15, -0.1) is 0 Å². The van der Waals surface area contributed by atoms with Crippen molar-refractivity contribution < 1.29 is 4.79 Å². The van der Waals surface area contributed by atoms with Crippen molar-refractivity contribution in [3.8, 4) is 0 Å². The van der Waals surface area contributed by atoms with Gasteiger partial charge in [-0.25, -0.2) is 0 Å². The van der Waals surface area contributed by atoms with Crippen molar-refractivity contribution in [2.75, 3.05) is 24.3 Å². The van der Waals surface area contributed by atoms with Gasteiger partial charge in [-0.3, -0.25) is 4.79 Å². The summed E-state index contributed by atoms with van der Waals surface area (Å²) >= 11 is 1.70. The molecule has 0 bridgehead atoms. The van der Waals surface area contributed by atoms with Crippen LogP contribution in [-0.4, -0.2) is 29.4 Å². The average molecular weight is 249 g/mol. The Morgan fingerprint density at radius 1 is 1.47 bits per heavy atom. The monoisotopic (exact) mass is 249 g/mol. The first-order valence-corrected chi connectivity index (χ1v) is 6.75. The third kappa shape index (κ3) is 2.74. The largest absolute Gasteiger partial charge is 0.399 e. The molecule has 1 aromatic carbocycles. The van der Waals surface area contributed by atoms with Crippen molar-refractivity contribution >= 4 is 34.3 Å². The van der Waals surface area contributed by atoms with Crippen molar-refractivity contribution in [2.45, 2.75) is 0 Å². The van der Waals surface area contributed by atoms with E-state index in [0.29, 0.717) is 17.9 Å². The van der Waals surface area contributed by atoms with E-state index in [0.717, 1.165) is 16.7 Å². The summed E-state index contributed by atoms with van der Waals surface area (Å²) < 4.78 is 0. The number of nitrogens with one attached hydrogen (secondary N) is 2. The van der Waals surface area contributed by atoms with E-state index in [1.165, 1.54) is 0 Å². The third-order valence-corrected chi connectivity index (χ3v) is 3.09. The molecule has 0 aliphatic heterocycles. The first-order valence-electron chi connectivity index (χ1n) is 5.36. The zero-order valence-electron chi connectivity index (χ0n) is 9.62. The summed E-state index contributed by atoms with van der Waals surface area (Å²) in [6.07, 6.45) is 2.01. The number of amides is 1. The Morgan fingerprint density at radius 3 is 3.06 bits per heavy atom. The van der Waals surface area contributed by atoms with Crippen LogP contribution in [0, 0.1) is 0 Å². The maximum Gasteiger partial charge on any atom is 0.267 e. The number of benzene rings is 1. The minimum absolute atomic E-state index is 0.0752. The van der Waals surface area contributed by atoms with Gasteiger partial charge in [-0.2, -0.15) is 11.8 Å². The zero-order chi connectivity index (χ0) is 12.3. The fourth-order valence-electron chi connectivity index (χ4n) is 1.64. The number of aromatic amines is 1. The molecule has 0 aliphatic rings. The number of carbonyl (C=O) groups is 1. The van der Waals surface area contributed by atoms with Crippen LogP contribution in [0.5, 0.6) is 0 Å². The lowest BCUT2D eigenvalue weighted by Gasteiger charge is -2.00. The van der Waals surface area contributed by atoms with Gasteiger partial charge >= 0.3 is 0 Å². The predicted octanol–water partition coefficient (Wildman–Crippen LogP) is 1.84. The van der Waals surface area contributed by atoms with E-state index in [2.05, 4.69) is 10.3 Å². The maximum atomic E-state index is 11.8. The highest BCUT2D eigenvalue weighted by Crippen LogP contribution is 2.18. The minimum Gasteiger partial charge on any atom is -0.399 e. The lowest BCUT2D eigenvalue weighted by atomic mass is 10.2. The molecule has 0 unspecified atom stereocenters. The molecular weight excluding hydrogens is 234 g/mol. The lowest BCUT2D eigenvalue weighted by Crippen LogP contribution is -2.25. The van der Waals surface area contributed by atoms with Crippen LogP contribution < -0.4 is 11.1 Å². The van der Waals surface area contributed by atoms with Crippen LogP contribution in [0.3, 0.4) is 0 Å². The highest BCUT2D eigenvalue weighted by Gasteiger charge is 2.08. The van der Waals surface area contributed by atoms with Gasteiger partial charge in [0.05, 0.1) is 0 Å². The SMILES string of the molecule is CSCCNC(=O)c1cc2cc(N)ccc2[nH]1. The van der Waals surface area contributed by atoms with E-state index < -0.39 is 0 Å². The van der Waals surface area contributed by atoms with Crippen molar-refractivity contribution in [2.24, 2.45) is 0 Å². The molecule has 0 atom stereocenters. The number of thioether (sulfide) groups is 1. The second-order valence-electron chi connectivity index (χ2n) is 3.78. The Balaban J connectivity index is 2.15. The Bertz CT molecular complexity index is 536. The number of hydrogen-bond acceptors (Lipinski definition) is 3. The first-order chi connectivity index (χ1) is 8.20. The van der Waals surface area contributed by atoms with E-state index in [9.17, 15) is 4.79 Å². The standard InChI is InChI=1S/C12H15N3OS/c1-17-5-4-14-12(16)11-7-8-6-9(13)2-3-10(8)15-11/h2-3,6-7,15H,4-5,13H2,1H3,(H,14,16). The number of aromatic nitrogens is 1. The lowest BCUT2D eigenvalue weighted by molar-refractivity contribution is 0.0952. The predicted molar refractivity (Wildman–Crippen MR) is 73.4 cm³/mol. The van der Waals surface area contributed by atoms with E-state index in [1.807, 2.05) is 30.5 Å². The Morgan fingerprint density at radius 2 is 2.29 bits per heavy atom. The van der Waals surface area contributed by atoms with Crippen molar-refractivity contribution in [3.63, 3.8) is 0 Å². The van der Waals surface area contributed by atoms with Gasteiger partial charge in [0.15, 0.2) is 0 Å². The highest BCUT2D eigenvalue weighted by molar-refractivity contribution is 7.98. The molecule has 2 aromatic rings. The van der Waals surface area contributed by atoms with Crippen molar-refractivity contribution in [1.29, 1.82) is 0 Å². The fourth-order valence-corrected chi connectivity index (χ4v) is 1.94. The molecule has 0 saturated carbocycles. The Labute approximate surface area is 104 Å². The molecule has 2 rings (SSSR count). The van der Waals surface area contributed by atoms with Crippen molar-refractivity contribution in [3.05, 3.63) is 30.0 Å². The van der Waals surface area contributed by atoms with Gasteiger partial charge in [0.2, 0.25) is 0 Å².